The summed E-state index contributed by atoms with van der Waals surface area (Å²) in [6.45, 7) is 3.88. The van der Waals surface area contributed by atoms with Crippen LogP contribution in [0.2, 0.25) is 5.02 Å². The Bertz CT molecular complexity index is 977. The molecular weight excluding hydrogens is 410 g/mol. The van der Waals surface area contributed by atoms with Crippen LogP contribution in [0.5, 0.6) is 0 Å². The molecular formula is C21H26ClN3O3S. The molecule has 0 fully saturated rings. The van der Waals surface area contributed by atoms with Crippen LogP contribution in [0, 0.1) is 0 Å². The monoisotopic (exact) mass is 435 g/mol. The van der Waals surface area contributed by atoms with E-state index in [1.165, 1.54) is 35.5 Å². The standard InChI is InChI=1S/C21H26ClN3O3S/c1-2-3-11-24-12-10-17-13-16(4-9-20(17)24)14-25(15-21(23)26)29(27,28)19-7-5-18(22)6-8-19/h4-9,13H,2-3,10-12,14-15H2,1H3,(H2,23,26). The molecule has 29 heavy (non-hydrogen) atoms. The van der Waals surface area contributed by atoms with Gasteiger partial charge in [0.1, 0.15) is 0 Å². The largest absolute Gasteiger partial charge is 0.371 e. The van der Waals surface area contributed by atoms with Crippen molar-refractivity contribution in [1.29, 1.82) is 0 Å². The average Bonchev–Trinajstić information content (AvgIpc) is 3.08. The van der Waals surface area contributed by atoms with E-state index >= 15 is 0 Å². The molecule has 1 heterocycles. The van der Waals surface area contributed by atoms with E-state index in [1.54, 1.807) is 0 Å². The third-order valence-electron chi connectivity index (χ3n) is 5.06. The van der Waals surface area contributed by atoms with E-state index in [-0.39, 0.29) is 18.0 Å². The molecule has 1 amide bonds. The van der Waals surface area contributed by atoms with Gasteiger partial charge in [0.2, 0.25) is 15.9 Å². The second-order valence-corrected chi connectivity index (χ2v) is 9.62. The van der Waals surface area contributed by atoms with Gasteiger partial charge in [0.25, 0.3) is 0 Å². The number of primary amides is 1. The highest BCUT2D eigenvalue weighted by Crippen LogP contribution is 2.30. The zero-order chi connectivity index (χ0) is 21.0. The molecule has 0 aromatic heterocycles. The molecule has 1 aliphatic heterocycles. The number of carbonyl (C=O) groups excluding carboxylic acids is 1. The Morgan fingerprint density at radius 2 is 1.93 bits per heavy atom. The summed E-state index contributed by atoms with van der Waals surface area (Å²) in [6.07, 6.45) is 3.23. The molecule has 156 valence electrons. The molecule has 0 saturated carbocycles. The van der Waals surface area contributed by atoms with Gasteiger partial charge in [-0.1, -0.05) is 37.1 Å². The number of nitrogens with zero attached hydrogens (tertiary/aromatic N) is 2. The van der Waals surface area contributed by atoms with Crippen LogP contribution < -0.4 is 10.6 Å². The Morgan fingerprint density at radius 3 is 2.59 bits per heavy atom. The first-order valence-corrected chi connectivity index (χ1v) is 11.5. The van der Waals surface area contributed by atoms with Crippen molar-refractivity contribution in [3.63, 3.8) is 0 Å². The maximum atomic E-state index is 13.1. The molecule has 3 rings (SSSR count). The van der Waals surface area contributed by atoms with E-state index < -0.39 is 15.9 Å². The van der Waals surface area contributed by atoms with E-state index in [4.69, 9.17) is 17.3 Å². The van der Waals surface area contributed by atoms with E-state index in [2.05, 4.69) is 11.8 Å². The molecule has 8 heteroatoms. The number of hydrogen-bond acceptors (Lipinski definition) is 4. The summed E-state index contributed by atoms with van der Waals surface area (Å²) in [5, 5.41) is 0.441. The second kappa shape index (κ2) is 9.15. The molecule has 0 atom stereocenters. The van der Waals surface area contributed by atoms with Gasteiger partial charge in [0.15, 0.2) is 0 Å². The summed E-state index contributed by atoms with van der Waals surface area (Å²) in [5.74, 6) is -0.700. The highest BCUT2D eigenvalue weighted by Gasteiger charge is 2.27. The number of fused-ring (bicyclic) bond motifs is 1. The van der Waals surface area contributed by atoms with E-state index in [9.17, 15) is 13.2 Å². The number of amides is 1. The van der Waals surface area contributed by atoms with Crippen LogP contribution in [0.3, 0.4) is 0 Å². The minimum Gasteiger partial charge on any atom is -0.371 e. The number of anilines is 1. The molecule has 6 nitrogen and oxygen atoms in total. The topological polar surface area (TPSA) is 83.7 Å². The molecule has 0 radical (unpaired) electrons. The molecule has 1 aliphatic rings. The van der Waals surface area contributed by atoms with Gasteiger partial charge < -0.3 is 10.6 Å². The number of benzene rings is 2. The maximum Gasteiger partial charge on any atom is 0.243 e. The lowest BCUT2D eigenvalue weighted by molar-refractivity contribution is -0.118. The van der Waals surface area contributed by atoms with Crippen molar-refractivity contribution in [1.82, 2.24) is 4.31 Å². The number of rotatable bonds is 9. The van der Waals surface area contributed by atoms with Crippen LogP contribution in [0.4, 0.5) is 5.69 Å². The van der Waals surface area contributed by atoms with Crippen molar-refractivity contribution in [2.75, 3.05) is 24.5 Å². The minimum absolute atomic E-state index is 0.0788. The number of halogens is 1. The Balaban J connectivity index is 1.84. The number of hydrogen-bond donors (Lipinski definition) is 1. The Morgan fingerprint density at radius 1 is 1.21 bits per heavy atom. The minimum atomic E-state index is -3.88. The molecule has 2 aromatic rings. The number of unbranched alkanes of at least 4 members (excludes halogenated alkanes) is 1. The number of sulfonamides is 1. The lowest BCUT2D eigenvalue weighted by Crippen LogP contribution is -2.38. The van der Waals surface area contributed by atoms with Crippen molar-refractivity contribution in [3.8, 4) is 0 Å². The van der Waals surface area contributed by atoms with Crippen LogP contribution in [-0.2, 0) is 27.8 Å². The van der Waals surface area contributed by atoms with Gasteiger partial charge in [0.05, 0.1) is 11.4 Å². The third-order valence-corrected chi connectivity index (χ3v) is 7.12. The fraction of sp³-hybridized carbons (Fsp3) is 0.381. The first kappa shape index (κ1) is 21.6. The lowest BCUT2D eigenvalue weighted by Gasteiger charge is -2.22. The van der Waals surface area contributed by atoms with Crippen LogP contribution >= 0.6 is 11.6 Å². The van der Waals surface area contributed by atoms with Crippen LogP contribution in [0.25, 0.3) is 0 Å². The summed E-state index contributed by atoms with van der Waals surface area (Å²) in [4.78, 5) is 14.0. The van der Waals surface area contributed by atoms with Crippen LogP contribution in [-0.4, -0.2) is 38.3 Å². The quantitative estimate of drug-likeness (QED) is 0.655. The molecule has 0 bridgehead atoms. The maximum absolute atomic E-state index is 13.1. The third kappa shape index (κ3) is 5.10. The Kier molecular flexibility index (Phi) is 6.82. The number of nitrogens with two attached hydrogens (primary N) is 1. The van der Waals surface area contributed by atoms with Crippen molar-refractivity contribution in [3.05, 3.63) is 58.6 Å². The highest BCUT2D eigenvalue weighted by atomic mass is 35.5. The summed E-state index contributed by atoms with van der Waals surface area (Å²) in [6, 6.07) is 11.9. The number of carbonyl (C=O) groups is 1. The zero-order valence-corrected chi connectivity index (χ0v) is 18.0. The SMILES string of the molecule is CCCCN1CCc2cc(CN(CC(N)=O)S(=O)(=O)c3ccc(Cl)cc3)ccc21. The predicted molar refractivity (Wildman–Crippen MR) is 116 cm³/mol. The van der Waals surface area contributed by atoms with Gasteiger partial charge in [0, 0.05) is 30.3 Å². The average molecular weight is 436 g/mol. The van der Waals surface area contributed by atoms with Gasteiger partial charge >= 0.3 is 0 Å². The van der Waals surface area contributed by atoms with E-state index in [0.717, 1.165) is 42.2 Å². The highest BCUT2D eigenvalue weighted by molar-refractivity contribution is 7.89. The van der Waals surface area contributed by atoms with Gasteiger partial charge in [-0.3, -0.25) is 4.79 Å². The van der Waals surface area contributed by atoms with Gasteiger partial charge in [-0.2, -0.15) is 4.31 Å². The second-order valence-electron chi connectivity index (χ2n) is 7.25. The van der Waals surface area contributed by atoms with Gasteiger partial charge in [-0.15, -0.1) is 0 Å². The lowest BCUT2D eigenvalue weighted by atomic mass is 10.1. The van der Waals surface area contributed by atoms with Crippen molar-refractivity contribution in [2.24, 2.45) is 5.73 Å². The first-order chi connectivity index (χ1) is 13.8. The van der Waals surface area contributed by atoms with E-state index in [1.807, 2.05) is 18.2 Å². The van der Waals surface area contributed by atoms with Gasteiger partial charge in [-0.25, -0.2) is 8.42 Å². The molecule has 0 aliphatic carbocycles. The van der Waals surface area contributed by atoms with Gasteiger partial charge in [-0.05, 0) is 54.3 Å². The summed E-state index contributed by atoms with van der Waals surface area (Å²) >= 11 is 5.87. The van der Waals surface area contributed by atoms with E-state index in [0.29, 0.717) is 5.02 Å². The molecule has 0 unspecified atom stereocenters. The fourth-order valence-corrected chi connectivity index (χ4v) is 5.08. The normalized spacial score (nSPS) is 13.7. The molecule has 2 N–H and O–H groups in total. The fourth-order valence-electron chi connectivity index (χ4n) is 3.56. The molecule has 0 saturated heterocycles. The summed E-state index contributed by atoms with van der Waals surface area (Å²) in [7, 11) is -3.88. The summed E-state index contributed by atoms with van der Waals surface area (Å²) < 4.78 is 27.2. The summed E-state index contributed by atoms with van der Waals surface area (Å²) in [5.41, 5.74) is 8.58. The van der Waals surface area contributed by atoms with Crippen molar-refractivity contribution in [2.45, 2.75) is 37.6 Å². The zero-order valence-electron chi connectivity index (χ0n) is 16.5. The Hall–Kier alpha value is -2.09. The smallest absolute Gasteiger partial charge is 0.243 e. The van der Waals surface area contributed by atoms with Crippen molar-refractivity contribution >= 4 is 33.2 Å². The molecule has 2 aromatic carbocycles. The Labute approximate surface area is 177 Å². The predicted octanol–water partition coefficient (Wildman–Crippen LogP) is 3.18. The van der Waals surface area contributed by atoms with Crippen LogP contribution in [0.15, 0.2) is 47.4 Å². The first-order valence-electron chi connectivity index (χ1n) is 9.72. The van der Waals surface area contributed by atoms with Crippen LogP contribution in [0.1, 0.15) is 30.9 Å². The van der Waals surface area contributed by atoms with Crippen molar-refractivity contribution < 1.29 is 13.2 Å². The molecule has 0 spiro atoms.